The average Bonchev–Trinajstić information content (AvgIpc) is 2.66. The first-order chi connectivity index (χ1) is 7.25. The van der Waals surface area contributed by atoms with Crippen LogP contribution in [0.25, 0.3) is 0 Å². The Morgan fingerprint density at radius 2 is 2.13 bits per heavy atom. The predicted molar refractivity (Wildman–Crippen MR) is 58.5 cm³/mol. The van der Waals surface area contributed by atoms with Crippen LogP contribution < -0.4 is 5.73 Å². The lowest BCUT2D eigenvalue weighted by atomic mass is 9.92. The Bertz CT molecular complexity index is 302. The molecule has 2 rings (SSSR count). The molecular formula is C12H19NO2. The highest BCUT2D eigenvalue weighted by Crippen LogP contribution is 2.26. The van der Waals surface area contributed by atoms with Crippen LogP contribution in [0.1, 0.15) is 36.8 Å². The van der Waals surface area contributed by atoms with Gasteiger partial charge in [0.05, 0.1) is 6.04 Å². The molecule has 0 amide bonds. The second-order valence-electron chi connectivity index (χ2n) is 4.35. The summed E-state index contributed by atoms with van der Waals surface area (Å²) in [4.78, 5) is 0. The molecule has 0 saturated carbocycles. The number of ether oxygens (including phenoxy) is 1. The molecule has 1 unspecified atom stereocenters. The van der Waals surface area contributed by atoms with Gasteiger partial charge < -0.3 is 14.9 Å². The fraction of sp³-hybridized carbons (Fsp3) is 0.667. The van der Waals surface area contributed by atoms with E-state index in [9.17, 15) is 0 Å². The minimum atomic E-state index is 0.0433. The lowest BCUT2D eigenvalue weighted by molar-refractivity contribution is 0.0611. The predicted octanol–water partition coefficient (Wildman–Crippen LogP) is 2.40. The zero-order valence-corrected chi connectivity index (χ0v) is 9.24. The van der Waals surface area contributed by atoms with Crippen molar-refractivity contribution in [3.8, 4) is 0 Å². The van der Waals surface area contributed by atoms with Gasteiger partial charge in [-0.25, -0.2) is 0 Å². The van der Waals surface area contributed by atoms with Gasteiger partial charge in [-0.1, -0.05) is 0 Å². The lowest BCUT2D eigenvalue weighted by Crippen LogP contribution is -2.21. The molecule has 2 N–H and O–H groups in total. The van der Waals surface area contributed by atoms with Crippen molar-refractivity contribution in [3.63, 3.8) is 0 Å². The number of rotatable bonds is 3. The molecule has 15 heavy (non-hydrogen) atoms. The summed E-state index contributed by atoms with van der Waals surface area (Å²) in [6, 6.07) is 4.00. The average molecular weight is 209 g/mol. The largest absolute Gasteiger partial charge is 0.465 e. The van der Waals surface area contributed by atoms with Crippen molar-refractivity contribution in [3.05, 3.63) is 23.7 Å². The van der Waals surface area contributed by atoms with Crippen molar-refractivity contribution < 1.29 is 9.15 Å². The van der Waals surface area contributed by atoms with Gasteiger partial charge in [-0.2, -0.15) is 0 Å². The zero-order chi connectivity index (χ0) is 10.7. The first-order valence-corrected chi connectivity index (χ1v) is 5.65. The molecule has 3 nitrogen and oxygen atoms in total. The molecule has 1 atom stereocenters. The molecule has 1 aromatic heterocycles. The van der Waals surface area contributed by atoms with Gasteiger partial charge in [-0.05, 0) is 44.2 Å². The van der Waals surface area contributed by atoms with Gasteiger partial charge in [0.25, 0.3) is 0 Å². The van der Waals surface area contributed by atoms with E-state index in [1.165, 1.54) is 0 Å². The number of nitrogens with two attached hydrogens (primary N) is 1. The van der Waals surface area contributed by atoms with Crippen molar-refractivity contribution in [1.82, 2.24) is 0 Å². The van der Waals surface area contributed by atoms with E-state index in [4.69, 9.17) is 14.9 Å². The molecule has 0 radical (unpaired) electrons. The van der Waals surface area contributed by atoms with E-state index in [1.807, 2.05) is 19.1 Å². The maximum atomic E-state index is 6.10. The Morgan fingerprint density at radius 1 is 1.40 bits per heavy atom. The molecule has 3 heteroatoms. The van der Waals surface area contributed by atoms with Crippen LogP contribution in [-0.4, -0.2) is 13.2 Å². The molecule has 1 aromatic rings. The van der Waals surface area contributed by atoms with E-state index in [0.717, 1.165) is 44.0 Å². The van der Waals surface area contributed by atoms with Crippen LogP contribution in [0.3, 0.4) is 0 Å². The molecule has 1 saturated heterocycles. The Labute approximate surface area is 90.6 Å². The Kier molecular flexibility index (Phi) is 3.44. The van der Waals surface area contributed by atoms with Gasteiger partial charge in [0, 0.05) is 13.2 Å². The normalized spacial score (nSPS) is 20.4. The van der Waals surface area contributed by atoms with Crippen molar-refractivity contribution in [1.29, 1.82) is 0 Å². The van der Waals surface area contributed by atoms with Crippen LogP contribution in [0.2, 0.25) is 0 Å². The van der Waals surface area contributed by atoms with Gasteiger partial charge in [0.2, 0.25) is 0 Å². The minimum absolute atomic E-state index is 0.0433. The molecule has 1 aliphatic heterocycles. The van der Waals surface area contributed by atoms with E-state index in [1.54, 1.807) is 0 Å². The summed E-state index contributed by atoms with van der Waals surface area (Å²) in [5.74, 6) is 2.55. The Morgan fingerprint density at radius 3 is 2.73 bits per heavy atom. The molecule has 0 spiro atoms. The van der Waals surface area contributed by atoms with E-state index in [0.29, 0.717) is 5.92 Å². The Hall–Kier alpha value is -0.800. The zero-order valence-electron chi connectivity index (χ0n) is 9.24. The summed E-state index contributed by atoms with van der Waals surface area (Å²) < 4.78 is 10.9. The Balaban J connectivity index is 1.88. The van der Waals surface area contributed by atoms with Crippen LogP contribution in [0.4, 0.5) is 0 Å². The van der Waals surface area contributed by atoms with Crippen LogP contribution in [0.15, 0.2) is 16.5 Å². The number of hydrogen-bond acceptors (Lipinski definition) is 3. The summed E-state index contributed by atoms with van der Waals surface area (Å²) in [7, 11) is 0. The summed E-state index contributed by atoms with van der Waals surface area (Å²) >= 11 is 0. The monoisotopic (exact) mass is 209 g/mol. The molecule has 2 heterocycles. The first-order valence-electron chi connectivity index (χ1n) is 5.65. The lowest BCUT2D eigenvalue weighted by Gasteiger charge is -2.23. The third-order valence-corrected chi connectivity index (χ3v) is 3.05. The maximum absolute atomic E-state index is 6.10. The van der Waals surface area contributed by atoms with E-state index in [-0.39, 0.29) is 6.04 Å². The highest BCUT2D eigenvalue weighted by atomic mass is 16.5. The highest BCUT2D eigenvalue weighted by molar-refractivity contribution is 5.09. The second-order valence-corrected chi connectivity index (χ2v) is 4.35. The van der Waals surface area contributed by atoms with Crippen LogP contribution in [0.5, 0.6) is 0 Å². The number of furan rings is 1. The van der Waals surface area contributed by atoms with Gasteiger partial charge in [0.1, 0.15) is 11.5 Å². The second kappa shape index (κ2) is 4.81. The molecule has 84 valence electrons. The van der Waals surface area contributed by atoms with Crippen LogP contribution in [-0.2, 0) is 4.74 Å². The smallest absolute Gasteiger partial charge is 0.120 e. The van der Waals surface area contributed by atoms with E-state index < -0.39 is 0 Å². The standard InChI is InChI=1S/C12H19NO2/c1-9-2-3-12(15-9)11(13)8-10-4-6-14-7-5-10/h2-3,10-11H,4-8,13H2,1H3. The van der Waals surface area contributed by atoms with Crippen molar-refractivity contribution in [2.24, 2.45) is 11.7 Å². The maximum Gasteiger partial charge on any atom is 0.120 e. The number of hydrogen-bond donors (Lipinski definition) is 1. The van der Waals surface area contributed by atoms with Crippen LogP contribution >= 0.6 is 0 Å². The molecule has 1 fully saturated rings. The van der Waals surface area contributed by atoms with Gasteiger partial charge in [-0.15, -0.1) is 0 Å². The van der Waals surface area contributed by atoms with Gasteiger partial charge in [-0.3, -0.25) is 0 Å². The minimum Gasteiger partial charge on any atom is -0.465 e. The molecule has 0 bridgehead atoms. The molecular weight excluding hydrogens is 190 g/mol. The molecule has 0 aromatic carbocycles. The fourth-order valence-electron chi connectivity index (χ4n) is 2.11. The van der Waals surface area contributed by atoms with Crippen molar-refractivity contribution in [2.75, 3.05) is 13.2 Å². The van der Waals surface area contributed by atoms with Gasteiger partial charge in [0.15, 0.2) is 0 Å². The number of aryl methyl sites for hydroxylation is 1. The van der Waals surface area contributed by atoms with Crippen LogP contribution in [0, 0.1) is 12.8 Å². The summed E-state index contributed by atoms with van der Waals surface area (Å²) in [6.07, 6.45) is 3.27. The summed E-state index contributed by atoms with van der Waals surface area (Å²) in [5, 5.41) is 0. The topological polar surface area (TPSA) is 48.4 Å². The summed E-state index contributed by atoms with van der Waals surface area (Å²) in [5.41, 5.74) is 6.10. The summed E-state index contributed by atoms with van der Waals surface area (Å²) in [6.45, 7) is 3.72. The van der Waals surface area contributed by atoms with E-state index >= 15 is 0 Å². The van der Waals surface area contributed by atoms with Crippen molar-refractivity contribution in [2.45, 2.75) is 32.2 Å². The van der Waals surface area contributed by atoms with Crippen molar-refractivity contribution >= 4 is 0 Å². The highest BCUT2D eigenvalue weighted by Gasteiger charge is 2.19. The quantitative estimate of drug-likeness (QED) is 0.831. The SMILES string of the molecule is Cc1ccc(C(N)CC2CCOCC2)o1. The van der Waals surface area contributed by atoms with E-state index in [2.05, 4.69) is 0 Å². The third kappa shape index (κ3) is 2.83. The van der Waals surface area contributed by atoms with Gasteiger partial charge >= 0.3 is 0 Å². The first kappa shape index (κ1) is 10.7. The third-order valence-electron chi connectivity index (χ3n) is 3.05. The molecule has 1 aliphatic rings. The molecule has 0 aliphatic carbocycles. The fourth-order valence-corrected chi connectivity index (χ4v) is 2.11.